The number of nitrogens with zero attached hydrogens (tertiary/aromatic N) is 2. The Bertz CT molecular complexity index is 431. The van der Waals surface area contributed by atoms with Gasteiger partial charge in [-0.05, 0) is 24.0 Å². The Morgan fingerprint density at radius 1 is 1.10 bits per heavy atom. The van der Waals surface area contributed by atoms with Gasteiger partial charge in [-0.3, -0.25) is 0 Å². The molecule has 0 amide bonds. The Morgan fingerprint density at radius 2 is 1.71 bits per heavy atom. The molecule has 2 rings (SSSR count). The van der Waals surface area contributed by atoms with E-state index in [1.54, 1.807) is 0 Å². The maximum atomic E-state index is 10.3. The summed E-state index contributed by atoms with van der Waals surface area (Å²) in [5.74, 6) is 0.735. The Labute approximate surface area is 133 Å². The molecule has 1 atom stereocenters. The van der Waals surface area contributed by atoms with Crippen LogP contribution in [0.2, 0.25) is 5.02 Å². The molecule has 1 saturated heterocycles. The van der Waals surface area contributed by atoms with Gasteiger partial charge >= 0.3 is 0 Å². The molecule has 0 aliphatic carbocycles. The summed E-state index contributed by atoms with van der Waals surface area (Å²) in [6.07, 6.45) is 0.279. The summed E-state index contributed by atoms with van der Waals surface area (Å²) in [6.45, 7) is 11.1. The Morgan fingerprint density at radius 3 is 2.33 bits per heavy atom. The molecule has 0 spiro atoms. The van der Waals surface area contributed by atoms with Gasteiger partial charge < -0.3 is 14.9 Å². The first kappa shape index (κ1) is 16.8. The number of halogens is 1. The van der Waals surface area contributed by atoms with Crippen molar-refractivity contribution in [3.05, 3.63) is 34.9 Å². The molecule has 0 bridgehead atoms. The third-order valence-electron chi connectivity index (χ3n) is 4.07. The number of aliphatic hydroxyl groups is 1. The van der Waals surface area contributed by atoms with E-state index in [0.29, 0.717) is 5.02 Å². The second kappa shape index (κ2) is 8.14. The van der Waals surface area contributed by atoms with E-state index in [-0.39, 0.29) is 0 Å². The van der Waals surface area contributed by atoms with Gasteiger partial charge in [-0.2, -0.15) is 0 Å². The summed E-state index contributed by atoms with van der Waals surface area (Å²) >= 11 is 6.13. The van der Waals surface area contributed by atoms with E-state index >= 15 is 0 Å². The summed E-state index contributed by atoms with van der Waals surface area (Å²) in [4.78, 5) is 4.97. The molecule has 1 heterocycles. The lowest BCUT2D eigenvalue weighted by Gasteiger charge is -2.35. The zero-order valence-corrected chi connectivity index (χ0v) is 13.9. The summed E-state index contributed by atoms with van der Waals surface area (Å²) in [7, 11) is 0. The third-order valence-corrected chi connectivity index (χ3v) is 4.42. The van der Waals surface area contributed by atoms with Crippen LogP contribution in [0, 0.1) is 5.92 Å². The minimum absolute atomic E-state index is 0.465. The van der Waals surface area contributed by atoms with Crippen LogP contribution >= 0.6 is 11.6 Å². The molecule has 4 heteroatoms. The van der Waals surface area contributed by atoms with Gasteiger partial charge in [0.1, 0.15) is 0 Å². The molecule has 1 aliphatic rings. The molecule has 0 aromatic heterocycles. The topological polar surface area (TPSA) is 26.7 Å². The lowest BCUT2D eigenvalue weighted by molar-refractivity contribution is 0.0971. The highest BCUT2D eigenvalue weighted by molar-refractivity contribution is 6.31. The summed E-state index contributed by atoms with van der Waals surface area (Å²) in [5.41, 5.74) is 0.845. The first-order chi connectivity index (χ1) is 10.1. The lowest BCUT2D eigenvalue weighted by Crippen LogP contribution is -2.47. The Balaban J connectivity index is 1.73. The van der Waals surface area contributed by atoms with Crippen LogP contribution in [0.5, 0.6) is 0 Å². The zero-order valence-electron chi connectivity index (χ0n) is 13.1. The van der Waals surface area contributed by atoms with E-state index in [9.17, 15) is 5.11 Å². The van der Waals surface area contributed by atoms with Gasteiger partial charge in [0.05, 0.1) is 6.10 Å². The van der Waals surface area contributed by atoms with Gasteiger partial charge in [0.25, 0.3) is 0 Å². The summed E-state index contributed by atoms with van der Waals surface area (Å²) in [6, 6.07) is 7.57. The molecule has 21 heavy (non-hydrogen) atoms. The van der Waals surface area contributed by atoms with E-state index in [4.69, 9.17) is 11.6 Å². The van der Waals surface area contributed by atoms with Crippen molar-refractivity contribution in [3.8, 4) is 0 Å². The minimum Gasteiger partial charge on any atom is -0.388 e. The van der Waals surface area contributed by atoms with Crippen molar-refractivity contribution >= 4 is 11.6 Å². The minimum atomic E-state index is -0.465. The SMILES string of the molecule is CC(C)CN1CCN(CCC(O)c2ccccc2Cl)CC1. The molecular formula is C17H27ClN2O. The van der Waals surface area contributed by atoms with E-state index in [2.05, 4.69) is 23.6 Å². The lowest BCUT2D eigenvalue weighted by atomic mass is 10.1. The summed E-state index contributed by atoms with van der Waals surface area (Å²) < 4.78 is 0. The highest BCUT2D eigenvalue weighted by Gasteiger charge is 2.19. The van der Waals surface area contributed by atoms with Crippen molar-refractivity contribution < 1.29 is 5.11 Å². The molecule has 1 aromatic carbocycles. The van der Waals surface area contributed by atoms with Crippen LogP contribution in [0.25, 0.3) is 0 Å². The van der Waals surface area contributed by atoms with Crippen LogP contribution in [-0.2, 0) is 0 Å². The zero-order chi connectivity index (χ0) is 15.2. The quantitative estimate of drug-likeness (QED) is 0.875. The normalized spacial score (nSPS) is 19.1. The molecule has 1 aliphatic heterocycles. The molecule has 0 saturated carbocycles. The molecule has 1 aromatic rings. The van der Waals surface area contributed by atoms with Crippen LogP contribution in [0.1, 0.15) is 31.9 Å². The van der Waals surface area contributed by atoms with Crippen molar-refractivity contribution in [2.45, 2.75) is 26.4 Å². The smallest absolute Gasteiger partial charge is 0.0816 e. The number of benzene rings is 1. The molecule has 1 unspecified atom stereocenters. The van der Waals surface area contributed by atoms with Crippen molar-refractivity contribution in [2.24, 2.45) is 5.92 Å². The van der Waals surface area contributed by atoms with Gasteiger partial charge in [0.15, 0.2) is 0 Å². The molecular weight excluding hydrogens is 284 g/mol. The van der Waals surface area contributed by atoms with Crippen LogP contribution in [-0.4, -0.2) is 54.2 Å². The van der Waals surface area contributed by atoms with E-state index in [0.717, 1.165) is 50.6 Å². The number of aliphatic hydroxyl groups excluding tert-OH is 1. The standard InChI is InChI=1S/C17H27ClN2O/c1-14(2)13-20-11-9-19(10-12-20)8-7-17(21)15-5-3-4-6-16(15)18/h3-6,14,17,21H,7-13H2,1-2H3. The largest absolute Gasteiger partial charge is 0.388 e. The second-order valence-electron chi connectivity index (χ2n) is 6.36. The fourth-order valence-electron chi connectivity index (χ4n) is 2.92. The molecule has 0 radical (unpaired) electrons. The van der Waals surface area contributed by atoms with Gasteiger partial charge in [0, 0.05) is 44.3 Å². The van der Waals surface area contributed by atoms with Crippen molar-refractivity contribution in [1.82, 2.24) is 9.80 Å². The maximum absolute atomic E-state index is 10.3. The number of hydrogen-bond donors (Lipinski definition) is 1. The fourth-order valence-corrected chi connectivity index (χ4v) is 3.18. The van der Waals surface area contributed by atoms with Crippen molar-refractivity contribution in [2.75, 3.05) is 39.3 Å². The molecule has 1 fully saturated rings. The maximum Gasteiger partial charge on any atom is 0.0816 e. The highest BCUT2D eigenvalue weighted by Crippen LogP contribution is 2.25. The fraction of sp³-hybridized carbons (Fsp3) is 0.647. The Hall–Kier alpha value is -0.610. The monoisotopic (exact) mass is 310 g/mol. The van der Waals surface area contributed by atoms with Crippen LogP contribution in [0.4, 0.5) is 0 Å². The second-order valence-corrected chi connectivity index (χ2v) is 6.77. The molecule has 3 nitrogen and oxygen atoms in total. The predicted octanol–water partition coefficient (Wildman–Crippen LogP) is 3.04. The van der Waals surface area contributed by atoms with Crippen molar-refractivity contribution in [1.29, 1.82) is 0 Å². The van der Waals surface area contributed by atoms with Crippen LogP contribution in [0.15, 0.2) is 24.3 Å². The van der Waals surface area contributed by atoms with Crippen LogP contribution < -0.4 is 0 Å². The first-order valence-corrected chi connectivity index (χ1v) is 8.31. The average Bonchev–Trinajstić information content (AvgIpc) is 2.46. The number of piperazine rings is 1. The van der Waals surface area contributed by atoms with Crippen LogP contribution in [0.3, 0.4) is 0 Å². The number of hydrogen-bond acceptors (Lipinski definition) is 3. The van der Waals surface area contributed by atoms with Gasteiger partial charge in [-0.15, -0.1) is 0 Å². The average molecular weight is 311 g/mol. The number of rotatable bonds is 6. The van der Waals surface area contributed by atoms with E-state index < -0.39 is 6.10 Å². The Kier molecular flexibility index (Phi) is 6.49. The molecule has 1 N–H and O–H groups in total. The predicted molar refractivity (Wildman–Crippen MR) is 88.7 cm³/mol. The van der Waals surface area contributed by atoms with Gasteiger partial charge in [-0.25, -0.2) is 0 Å². The van der Waals surface area contributed by atoms with Gasteiger partial charge in [-0.1, -0.05) is 43.6 Å². The van der Waals surface area contributed by atoms with E-state index in [1.165, 1.54) is 6.54 Å². The van der Waals surface area contributed by atoms with Gasteiger partial charge in [0.2, 0.25) is 0 Å². The third kappa shape index (κ3) is 5.26. The van der Waals surface area contributed by atoms with Crippen molar-refractivity contribution in [3.63, 3.8) is 0 Å². The molecule has 118 valence electrons. The first-order valence-electron chi connectivity index (χ1n) is 7.93. The van der Waals surface area contributed by atoms with E-state index in [1.807, 2.05) is 24.3 Å². The highest BCUT2D eigenvalue weighted by atomic mass is 35.5. The summed E-state index contributed by atoms with van der Waals surface area (Å²) in [5, 5.41) is 10.9.